The summed E-state index contributed by atoms with van der Waals surface area (Å²) >= 11 is 0. The Balaban J connectivity index is 2.94. The zero-order valence-corrected chi connectivity index (χ0v) is 8.06. The van der Waals surface area contributed by atoms with E-state index in [0.29, 0.717) is 5.69 Å². The predicted octanol–water partition coefficient (Wildman–Crippen LogP) is -0.920. The molecule has 0 spiro atoms. The molecule has 2 aromatic heterocycles. The second-order valence-corrected chi connectivity index (χ2v) is 4.26. The Morgan fingerprint density at radius 2 is 2.21 bits per heavy atom. The van der Waals surface area contributed by atoms with Gasteiger partial charge in [0.2, 0.25) is 0 Å². The molecule has 0 amide bonds. The van der Waals surface area contributed by atoms with E-state index in [1.165, 1.54) is 12.4 Å². The third kappa shape index (κ3) is 1.34. The van der Waals surface area contributed by atoms with E-state index in [0.717, 1.165) is 4.52 Å². The van der Waals surface area contributed by atoms with Crippen LogP contribution in [0.3, 0.4) is 0 Å². The molecule has 0 saturated carbocycles. The lowest BCUT2D eigenvalue weighted by atomic mass is 10.5. The summed E-state index contributed by atoms with van der Waals surface area (Å²) in [6, 6.07) is 1.34. The summed E-state index contributed by atoms with van der Waals surface area (Å²) < 4.78 is 23.4. The van der Waals surface area contributed by atoms with Crippen molar-refractivity contribution in [1.29, 1.82) is 0 Å². The van der Waals surface area contributed by atoms with E-state index in [2.05, 4.69) is 15.1 Å². The predicted molar refractivity (Wildman–Crippen MR) is 46.9 cm³/mol. The van der Waals surface area contributed by atoms with E-state index >= 15 is 0 Å². The van der Waals surface area contributed by atoms with Gasteiger partial charge in [-0.15, -0.1) is 0 Å². The number of sulfonamides is 1. The van der Waals surface area contributed by atoms with Gasteiger partial charge < -0.3 is 0 Å². The summed E-state index contributed by atoms with van der Waals surface area (Å²) in [4.78, 5) is 7.75. The molecular weight excluding hydrogens is 206 g/mol. The van der Waals surface area contributed by atoms with Crippen molar-refractivity contribution < 1.29 is 8.42 Å². The Morgan fingerprint density at radius 3 is 2.86 bits per heavy atom. The number of fused-ring (bicyclic) bond motifs is 1. The highest BCUT2D eigenvalue weighted by Gasteiger charge is 2.15. The molecular formula is C6H7N5O2S. The first-order valence-electron chi connectivity index (χ1n) is 3.68. The van der Waals surface area contributed by atoms with Crippen molar-refractivity contribution >= 4 is 15.8 Å². The molecule has 0 unspecified atom stereocenters. The molecule has 2 N–H and O–H groups in total. The molecule has 0 aliphatic heterocycles. The lowest BCUT2D eigenvalue weighted by molar-refractivity contribution is 0.588. The molecule has 0 atom stereocenters. The van der Waals surface area contributed by atoms with Crippen LogP contribution in [0.15, 0.2) is 17.4 Å². The molecule has 74 valence electrons. The molecule has 7 nitrogen and oxygen atoms in total. The van der Waals surface area contributed by atoms with E-state index in [4.69, 9.17) is 5.14 Å². The zero-order chi connectivity index (χ0) is 10.3. The normalized spacial score (nSPS) is 12.1. The minimum absolute atomic E-state index is 0.113. The van der Waals surface area contributed by atoms with E-state index in [1.807, 2.05) is 0 Å². The number of primary sulfonamides is 1. The molecule has 0 saturated heterocycles. The van der Waals surface area contributed by atoms with Crippen molar-refractivity contribution in [2.45, 2.75) is 11.9 Å². The minimum Gasteiger partial charge on any atom is -0.223 e. The van der Waals surface area contributed by atoms with Gasteiger partial charge in [-0.25, -0.2) is 18.5 Å². The smallest absolute Gasteiger partial charge is 0.223 e. The standard InChI is InChI=1S/C6H7N5O2S/c1-4-2-5(14(7,12)13)11-6(10-4)8-3-9-11/h2-3H,1H3,(H2,7,12,13). The fourth-order valence-electron chi connectivity index (χ4n) is 1.10. The summed E-state index contributed by atoms with van der Waals surface area (Å²) in [5.41, 5.74) is 0.523. The summed E-state index contributed by atoms with van der Waals surface area (Å²) in [6.45, 7) is 1.66. The Hall–Kier alpha value is -1.54. The summed E-state index contributed by atoms with van der Waals surface area (Å²) in [5.74, 6) is 0.217. The van der Waals surface area contributed by atoms with Crippen LogP contribution in [0.2, 0.25) is 0 Å². The van der Waals surface area contributed by atoms with Crippen LogP contribution < -0.4 is 5.14 Å². The van der Waals surface area contributed by atoms with Gasteiger partial charge in [-0.05, 0) is 13.0 Å². The highest BCUT2D eigenvalue weighted by atomic mass is 32.2. The molecule has 8 heteroatoms. The van der Waals surface area contributed by atoms with E-state index in [-0.39, 0.29) is 10.8 Å². The lowest BCUT2D eigenvalue weighted by Crippen LogP contribution is -2.17. The Bertz CT molecular complexity index is 587. The highest BCUT2D eigenvalue weighted by molar-refractivity contribution is 7.89. The first kappa shape index (κ1) is 9.03. The Kier molecular flexibility index (Phi) is 1.76. The van der Waals surface area contributed by atoms with Gasteiger partial charge in [0.1, 0.15) is 6.33 Å². The van der Waals surface area contributed by atoms with Gasteiger partial charge in [0, 0.05) is 5.69 Å². The van der Waals surface area contributed by atoms with Crippen molar-refractivity contribution in [3.63, 3.8) is 0 Å². The molecule has 0 aromatic carbocycles. The Morgan fingerprint density at radius 1 is 1.50 bits per heavy atom. The number of hydrogen-bond donors (Lipinski definition) is 1. The van der Waals surface area contributed by atoms with Crippen molar-refractivity contribution in [2.75, 3.05) is 0 Å². The second kappa shape index (κ2) is 2.72. The van der Waals surface area contributed by atoms with Crippen LogP contribution in [0.25, 0.3) is 5.78 Å². The Labute approximate surface area is 79.6 Å². The third-order valence-corrected chi connectivity index (χ3v) is 2.51. The zero-order valence-electron chi connectivity index (χ0n) is 7.25. The number of rotatable bonds is 1. The first-order chi connectivity index (χ1) is 6.48. The fraction of sp³-hybridized carbons (Fsp3) is 0.167. The molecule has 2 rings (SSSR count). The second-order valence-electron chi connectivity index (χ2n) is 2.75. The van der Waals surface area contributed by atoms with Crippen molar-refractivity contribution in [3.05, 3.63) is 18.1 Å². The van der Waals surface area contributed by atoms with Crippen LogP contribution in [0.5, 0.6) is 0 Å². The number of nitrogens with zero attached hydrogens (tertiary/aromatic N) is 4. The van der Waals surface area contributed by atoms with Crippen molar-refractivity contribution in [2.24, 2.45) is 5.14 Å². The monoisotopic (exact) mass is 213 g/mol. The van der Waals surface area contributed by atoms with E-state index < -0.39 is 10.0 Å². The molecule has 0 fully saturated rings. The van der Waals surface area contributed by atoms with Crippen LogP contribution in [0, 0.1) is 6.92 Å². The van der Waals surface area contributed by atoms with Crippen LogP contribution in [0.1, 0.15) is 5.69 Å². The molecule has 0 bridgehead atoms. The van der Waals surface area contributed by atoms with Crippen LogP contribution in [0.4, 0.5) is 0 Å². The average molecular weight is 213 g/mol. The SMILES string of the molecule is Cc1cc(S(N)(=O)=O)n2ncnc2n1. The van der Waals surface area contributed by atoms with Gasteiger partial charge in [-0.2, -0.15) is 14.6 Å². The molecule has 0 aliphatic carbocycles. The number of aromatic nitrogens is 4. The van der Waals surface area contributed by atoms with Gasteiger partial charge in [-0.1, -0.05) is 0 Å². The van der Waals surface area contributed by atoms with Gasteiger partial charge in [0.05, 0.1) is 0 Å². The first-order valence-corrected chi connectivity index (χ1v) is 5.23. The van der Waals surface area contributed by atoms with Gasteiger partial charge in [-0.3, -0.25) is 0 Å². The van der Waals surface area contributed by atoms with E-state index in [9.17, 15) is 8.42 Å². The molecule has 0 aliphatic rings. The molecule has 2 heterocycles. The van der Waals surface area contributed by atoms with Gasteiger partial charge in [0.15, 0.2) is 5.03 Å². The average Bonchev–Trinajstić information content (AvgIpc) is 2.47. The van der Waals surface area contributed by atoms with Gasteiger partial charge in [0.25, 0.3) is 15.8 Å². The van der Waals surface area contributed by atoms with Crippen molar-refractivity contribution in [1.82, 2.24) is 19.6 Å². The van der Waals surface area contributed by atoms with E-state index in [1.54, 1.807) is 6.92 Å². The maximum Gasteiger partial charge on any atom is 0.255 e. The highest BCUT2D eigenvalue weighted by Crippen LogP contribution is 2.08. The number of aryl methyl sites for hydroxylation is 1. The minimum atomic E-state index is -3.80. The summed E-state index contributed by atoms with van der Waals surface area (Å²) in [7, 11) is -3.80. The maximum atomic E-state index is 11.2. The number of nitrogens with two attached hydrogens (primary N) is 1. The quantitative estimate of drug-likeness (QED) is 0.617. The van der Waals surface area contributed by atoms with Crippen LogP contribution >= 0.6 is 0 Å². The molecule has 0 radical (unpaired) electrons. The van der Waals surface area contributed by atoms with Crippen LogP contribution in [-0.4, -0.2) is 28.0 Å². The largest absolute Gasteiger partial charge is 0.255 e. The summed E-state index contributed by atoms with van der Waals surface area (Å²) in [5, 5.41) is 8.60. The third-order valence-electron chi connectivity index (χ3n) is 1.64. The van der Waals surface area contributed by atoms with Gasteiger partial charge >= 0.3 is 0 Å². The van der Waals surface area contributed by atoms with Crippen molar-refractivity contribution in [3.8, 4) is 0 Å². The summed E-state index contributed by atoms with van der Waals surface area (Å²) in [6.07, 6.45) is 1.22. The number of hydrogen-bond acceptors (Lipinski definition) is 5. The molecule has 14 heavy (non-hydrogen) atoms. The topological polar surface area (TPSA) is 103 Å². The molecule has 2 aromatic rings. The van der Waals surface area contributed by atoms with Crippen LogP contribution in [-0.2, 0) is 10.0 Å². The maximum absolute atomic E-state index is 11.2. The fourth-order valence-corrected chi connectivity index (χ4v) is 1.80. The lowest BCUT2D eigenvalue weighted by Gasteiger charge is -2.01.